The first-order valence-corrected chi connectivity index (χ1v) is 3.67. The maximum absolute atomic E-state index is 10.8. The van der Waals surface area contributed by atoms with Gasteiger partial charge >= 0.3 is 0 Å². The molecule has 0 saturated carbocycles. The molecule has 0 aliphatic heterocycles. The third-order valence-electron chi connectivity index (χ3n) is 1.03. The van der Waals surface area contributed by atoms with Crippen molar-refractivity contribution in [2.24, 2.45) is 0 Å². The van der Waals surface area contributed by atoms with E-state index in [-0.39, 0.29) is 14.9 Å². The van der Waals surface area contributed by atoms with E-state index in [1.54, 1.807) is 28.7 Å². The normalized spacial score (nSPS) is 9.30. The predicted octanol–water partition coefficient (Wildman–Crippen LogP) is 0.950. The van der Waals surface area contributed by atoms with Crippen LogP contribution in [0.5, 0.6) is 0 Å². The molecule has 1 heterocycles. The summed E-state index contributed by atoms with van der Waals surface area (Å²) in [6, 6.07) is 3.11. The first kappa shape index (κ1) is 7.46. The summed E-state index contributed by atoms with van der Waals surface area (Å²) in [7, 11) is 0. The van der Waals surface area contributed by atoms with E-state index in [4.69, 9.17) is 0 Å². The van der Waals surface area contributed by atoms with E-state index in [1.807, 2.05) is 0 Å². The number of hydrogen-bond acceptors (Lipinski definition) is 2. The van der Waals surface area contributed by atoms with Crippen LogP contribution in [0, 0.1) is 0 Å². The van der Waals surface area contributed by atoms with Crippen LogP contribution in [0.1, 0.15) is 10.4 Å². The molecule has 52 valence electrons. The van der Waals surface area contributed by atoms with Crippen molar-refractivity contribution in [3.05, 3.63) is 34.2 Å². The minimum Gasteiger partial charge on any atom is -0.328 e. The lowest BCUT2D eigenvalue weighted by molar-refractivity contribution is 0.110. The summed E-state index contributed by atoms with van der Waals surface area (Å²) in [5, 5.41) is 0. The Bertz CT molecular complexity index is 305. The second-order valence-corrected chi connectivity index (χ2v) is 2.67. The van der Waals surface area contributed by atoms with Crippen LogP contribution in [0.2, 0.25) is 0 Å². The first-order chi connectivity index (χ1) is 4.72. The molecule has 0 aliphatic carbocycles. The molecule has 1 N–H and O–H groups in total. The van der Waals surface area contributed by atoms with Crippen molar-refractivity contribution in [2.45, 2.75) is 0 Å². The Labute approximate surface area is 70.6 Å². The number of aromatic amines is 1. The number of H-pyrrole nitrogens is 1. The van der Waals surface area contributed by atoms with Crippen molar-refractivity contribution in [3.63, 3.8) is 0 Å². The molecule has 1 rings (SSSR count). The number of nitrogens with one attached hydrogen (secondary N) is 1. The summed E-state index contributed by atoms with van der Waals surface area (Å²) < 4.78 is -0.237. The molecule has 0 atom stereocenters. The van der Waals surface area contributed by atoms with Crippen molar-refractivity contribution >= 4 is 26.4 Å². The van der Waals surface area contributed by atoms with Gasteiger partial charge in [0.15, 0.2) is 0 Å². The molecule has 0 spiro atoms. The quantitative estimate of drug-likeness (QED) is 0.595. The molecule has 0 radical (unpaired) electrons. The Morgan fingerprint density at radius 3 is 2.70 bits per heavy atom. The molecule has 4 heteroatoms. The average molecular weight is 249 g/mol. The highest BCUT2D eigenvalue weighted by Gasteiger charge is 2.02. The van der Waals surface area contributed by atoms with Gasteiger partial charge in [0.05, 0.1) is 5.56 Å². The van der Waals surface area contributed by atoms with Crippen LogP contribution < -0.4 is 5.56 Å². The van der Waals surface area contributed by atoms with Gasteiger partial charge < -0.3 is 4.98 Å². The van der Waals surface area contributed by atoms with E-state index in [0.717, 1.165) is 0 Å². The third kappa shape index (κ3) is 1.44. The maximum Gasteiger partial charge on any atom is 0.259 e. The monoisotopic (exact) mass is 249 g/mol. The standard InChI is InChI=1S/C6H4INO2/c7-5(9)4-2-1-3-8-6(4)10/h1-3H,(H,8,10). The van der Waals surface area contributed by atoms with Gasteiger partial charge in [-0.1, -0.05) is 0 Å². The molecule has 0 aromatic carbocycles. The Balaban J connectivity index is 3.29. The Morgan fingerprint density at radius 1 is 1.60 bits per heavy atom. The lowest BCUT2D eigenvalue weighted by Crippen LogP contribution is -2.12. The summed E-state index contributed by atoms with van der Waals surface area (Å²) in [6.07, 6.45) is 1.49. The predicted molar refractivity (Wildman–Crippen MR) is 45.4 cm³/mol. The summed E-state index contributed by atoms with van der Waals surface area (Å²) in [6.45, 7) is 0. The van der Waals surface area contributed by atoms with Crippen LogP contribution in [0.25, 0.3) is 0 Å². The van der Waals surface area contributed by atoms with Gasteiger partial charge in [0.25, 0.3) is 5.56 Å². The maximum atomic E-state index is 10.8. The van der Waals surface area contributed by atoms with Crippen molar-refractivity contribution in [2.75, 3.05) is 0 Å². The van der Waals surface area contributed by atoms with Crippen molar-refractivity contribution < 1.29 is 4.79 Å². The Kier molecular flexibility index (Phi) is 2.21. The summed E-state index contributed by atoms with van der Waals surface area (Å²) >= 11 is 1.58. The highest BCUT2D eigenvalue weighted by atomic mass is 127. The van der Waals surface area contributed by atoms with Gasteiger partial charge in [0.1, 0.15) is 0 Å². The van der Waals surface area contributed by atoms with Gasteiger partial charge in [-0.3, -0.25) is 9.59 Å². The lowest BCUT2D eigenvalue weighted by Gasteiger charge is -1.87. The fourth-order valence-corrected chi connectivity index (χ4v) is 1.00. The number of carbonyl (C=O) groups is 1. The van der Waals surface area contributed by atoms with Gasteiger partial charge in [-0.2, -0.15) is 0 Å². The van der Waals surface area contributed by atoms with Crippen molar-refractivity contribution in [1.82, 2.24) is 4.98 Å². The molecule has 0 amide bonds. The van der Waals surface area contributed by atoms with Crippen LogP contribution in [0.3, 0.4) is 0 Å². The number of aromatic nitrogens is 1. The number of pyridine rings is 1. The first-order valence-electron chi connectivity index (χ1n) is 2.59. The molecule has 3 nitrogen and oxygen atoms in total. The number of carbonyl (C=O) groups excluding carboxylic acids is 1. The van der Waals surface area contributed by atoms with Gasteiger partial charge in [-0.05, 0) is 12.1 Å². The average Bonchev–Trinajstić information content (AvgIpc) is 1.88. The number of rotatable bonds is 1. The minimum absolute atomic E-state index is 0.197. The highest BCUT2D eigenvalue weighted by Crippen LogP contribution is 1.97. The van der Waals surface area contributed by atoms with Gasteiger partial charge in [-0.15, -0.1) is 0 Å². The lowest BCUT2D eigenvalue weighted by atomic mass is 10.3. The zero-order valence-electron chi connectivity index (χ0n) is 4.93. The molecule has 1 aromatic heterocycles. The second kappa shape index (κ2) is 2.96. The molecule has 0 unspecified atom stereocenters. The number of halogens is 1. The smallest absolute Gasteiger partial charge is 0.259 e. The zero-order chi connectivity index (χ0) is 7.56. The fourth-order valence-electron chi connectivity index (χ4n) is 0.576. The molecular weight excluding hydrogens is 245 g/mol. The minimum atomic E-state index is -0.332. The second-order valence-electron chi connectivity index (χ2n) is 1.69. The Morgan fingerprint density at radius 2 is 2.30 bits per heavy atom. The van der Waals surface area contributed by atoms with E-state index in [1.165, 1.54) is 12.3 Å². The molecule has 0 fully saturated rings. The summed E-state index contributed by atoms with van der Waals surface area (Å²) in [5.41, 5.74) is -0.134. The summed E-state index contributed by atoms with van der Waals surface area (Å²) in [5.74, 6) is 0. The van der Waals surface area contributed by atoms with Gasteiger partial charge in [0, 0.05) is 28.8 Å². The van der Waals surface area contributed by atoms with Crippen molar-refractivity contribution in [1.29, 1.82) is 0 Å². The molecule has 0 aliphatic rings. The van der Waals surface area contributed by atoms with E-state index < -0.39 is 0 Å². The largest absolute Gasteiger partial charge is 0.328 e. The molecule has 0 saturated heterocycles. The van der Waals surface area contributed by atoms with Gasteiger partial charge in [-0.25, -0.2) is 0 Å². The third-order valence-corrected chi connectivity index (χ3v) is 1.61. The van der Waals surface area contributed by atoms with Crippen LogP contribution in [0.4, 0.5) is 0 Å². The fraction of sp³-hybridized carbons (Fsp3) is 0. The van der Waals surface area contributed by atoms with Crippen LogP contribution in [0.15, 0.2) is 23.1 Å². The SMILES string of the molecule is O=C(I)c1ccc[nH]c1=O. The molecular formula is C6H4INO2. The van der Waals surface area contributed by atoms with Crippen LogP contribution >= 0.6 is 22.6 Å². The van der Waals surface area contributed by atoms with Crippen LogP contribution in [-0.2, 0) is 0 Å². The van der Waals surface area contributed by atoms with E-state index in [2.05, 4.69) is 4.98 Å². The van der Waals surface area contributed by atoms with E-state index >= 15 is 0 Å². The summed E-state index contributed by atoms with van der Waals surface area (Å²) in [4.78, 5) is 23.8. The number of hydrogen-bond donors (Lipinski definition) is 1. The zero-order valence-corrected chi connectivity index (χ0v) is 7.08. The molecule has 0 bridgehead atoms. The van der Waals surface area contributed by atoms with Gasteiger partial charge in [0.2, 0.25) is 3.79 Å². The highest BCUT2D eigenvalue weighted by molar-refractivity contribution is 14.1. The van der Waals surface area contributed by atoms with E-state index in [9.17, 15) is 9.59 Å². The Hall–Kier alpha value is -0.650. The van der Waals surface area contributed by atoms with Crippen LogP contribution in [-0.4, -0.2) is 8.77 Å². The topological polar surface area (TPSA) is 49.9 Å². The van der Waals surface area contributed by atoms with E-state index in [0.29, 0.717) is 0 Å². The molecule has 1 aromatic rings. The van der Waals surface area contributed by atoms with Crippen molar-refractivity contribution in [3.8, 4) is 0 Å². The molecule has 10 heavy (non-hydrogen) atoms.